The van der Waals surface area contributed by atoms with Crippen LogP contribution in [0.4, 0.5) is 23.2 Å². The monoisotopic (exact) mass is 392 g/mol. The predicted molar refractivity (Wildman–Crippen MR) is 97.3 cm³/mol. The van der Waals surface area contributed by atoms with Crippen LogP contribution < -0.4 is 10.9 Å². The molecule has 0 fully saturated rings. The molecule has 0 saturated heterocycles. The van der Waals surface area contributed by atoms with Crippen molar-refractivity contribution in [2.45, 2.75) is 26.3 Å². The fourth-order valence-electron chi connectivity index (χ4n) is 2.85. The minimum Gasteiger partial charge on any atom is -0.318 e. The largest absolute Gasteiger partial charge is 0.318 e. The first-order chi connectivity index (χ1) is 13.3. The van der Waals surface area contributed by atoms with Crippen LogP contribution in [0.25, 0.3) is 10.8 Å². The van der Waals surface area contributed by atoms with Gasteiger partial charge in [-0.05, 0) is 42.1 Å². The van der Waals surface area contributed by atoms with Gasteiger partial charge in [-0.3, -0.25) is 9.59 Å². The predicted octanol–water partition coefficient (Wildman–Crippen LogP) is 4.61. The Bertz CT molecular complexity index is 1130. The molecule has 146 valence electrons. The molecule has 2 aromatic carbocycles. The molecule has 0 spiro atoms. The number of nitrogens with one attached hydrogen (secondary N) is 1. The molecule has 1 N–H and O–H groups in total. The van der Waals surface area contributed by atoms with E-state index in [1.165, 1.54) is 6.07 Å². The third-order valence-corrected chi connectivity index (χ3v) is 4.30. The molecule has 0 aliphatic heterocycles. The molecule has 0 bridgehead atoms. The summed E-state index contributed by atoms with van der Waals surface area (Å²) in [5.41, 5.74) is -1.07. The Balaban J connectivity index is 2.12. The van der Waals surface area contributed by atoms with Crippen LogP contribution in [-0.4, -0.2) is 10.5 Å². The standard InChI is InChI=1S/C20H16F4N2O2/c1-2-3-6-26-18(19(27)25-17-5-4-12(21)9-16(17)24)8-11-7-14(22)15(23)10-13(11)20(26)28/h4-5,7-10H,2-3,6H2,1H3,(H,25,27). The molecule has 0 atom stereocenters. The van der Waals surface area contributed by atoms with Gasteiger partial charge in [-0.15, -0.1) is 0 Å². The van der Waals surface area contributed by atoms with Crippen molar-refractivity contribution in [1.82, 2.24) is 4.57 Å². The van der Waals surface area contributed by atoms with Crippen molar-refractivity contribution in [2.24, 2.45) is 0 Å². The molecule has 3 rings (SSSR count). The van der Waals surface area contributed by atoms with Gasteiger partial charge in [0.2, 0.25) is 0 Å². The Labute approximate surface area is 157 Å². The quantitative estimate of drug-likeness (QED) is 0.645. The Morgan fingerprint density at radius 3 is 2.39 bits per heavy atom. The molecule has 0 radical (unpaired) electrons. The lowest BCUT2D eigenvalue weighted by molar-refractivity contribution is 0.101. The normalized spacial score (nSPS) is 11.0. The molecular formula is C20H16F4N2O2. The van der Waals surface area contributed by atoms with Crippen LogP contribution in [0.2, 0.25) is 0 Å². The topological polar surface area (TPSA) is 51.1 Å². The second kappa shape index (κ2) is 7.84. The molecule has 1 amide bonds. The van der Waals surface area contributed by atoms with Crippen molar-refractivity contribution in [3.8, 4) is 0 Å². The number of amides is 1. The molecule has 0 aliphatic rings. The number of nitrogens with zero attached hydrogens (tertiary/aromatic N) is 1. The lowest BCUT2D eigenvalue weighted by Crippen LogP contribution is -2.29. The van der Waals surface area contributed by atoms with E-state index in [4.69, 9.17) is 0 Å². The van der Waals surface area contributed by atoms with Gasteiger partial charge in [0.1, 0.15) is 17.3 Å². The zero-order valence-electron chi connectivity index (χ0n) is 14.9. The van der Waals surface area contributed by atoms with Crippen molar-refractivity contribution in [3.05, 3.63) is 75.7 Å². The van der Waals surface area contributed by atoms with E-state index in [2.05, 4.69) is 5.32 Å². The van der Waals surface area contributed by atoms with Gasteiger partial charge in [-0.2, -0.15) is 0 Å². The van der Waals surface area contributed by atoms with E-state index in [1.807, 2.05) is 6.92 Å². The van der Waals surface area contributed by atoms with E-state index in [-0.39, 0.29) is 28.7 Å². The number of pyridine rings is 1. The van der Waals surface area contributed by atoms with Gasteiger partial charge in [0.05, 0.1) is 11.1 Å². The van der Waals surface area contributed by atoms with Gasteiger partial charge in [0, 0.05) is 12.6 Å². The summed E-state index contributed by atoms with van der Waals surface area (Å²) in [7, 11) is 0. The van der Waals surface area contributed by atoms with Crippen LogP contribution in [0, 0.1) is 23.3 Å². The van der Waals surface area contributed by atoms with Crippen molar-refractivity contribution < 1.29 is 22.4 Å². The summed E-state index contributed by atoms with van der Waals surface area (Å²) in [6.45, 7) is 2.05. The number of hydrogen-bond acceptors (Lipinski definition) is 2. The highest BCUT2D eigenvalue weighted by Gasteiger charge is 2.18. The SMILES string of the molecule is CCCCn1c(C(=O)Nc2ccc(F)cc2F)cc2cc(F)c(F)cc2c1=O. The number of aromatic nitrogens is 1. The average Bonchev–Trinajstić information content (AvgIpc) is 2.64. The van der Waals surface area contributed by atoms with Gasteiger partial charge in [0.15, 0.2) is 11.6 Å². The maximum absolute atomic E-state index is 13.8. The first kappa shape index (κ1) is 19.6. The minimum absolute atomic E-state index is 0.0429. The Morgan fingerprint density at radius 1 is 1.00 bits per heavy atom. The highest BCUT2D eigenvalue weighted by molar-refractivity contribution is 6.05. The van der Waals surface area contributed by atoms with Gasteiger partial charge in [-0.25, -0.2) is 17.6 Å². The third kappa shape index (κ3) is 3.76. The summed E-state index contributed by atoms with van der Waals surface area (Å²) >= 11 is 0. The molecular weight excluding hydrogens is 376 g/mol. The average molecular weight is 392 g/mol. The Hall–Kier alpha value is -3.16. The first-order valence-corrected chi connectivity index (χ1v) is 8.60. The summed E-state index contributed by atoms with van der Waals surface area (Å²) in [5, 5.41) is 2.25. The maximum atomic E-state index is 13.8. The molecule has 4 nitrogen and oxygen atoms in total. The van der Waals surface area contributed by atoms with Gasteiger partial charge in [-0.1, -0.05) is 13.3 Å². The molecule has 3 aromatic rings. The molecule has 28 heavy (non-hydrogen) atoms. The maximum Gasteiger partial charge on any atom is 0.272 e. The van der Waals surface area contributed by atoms with Crippen LogP contribution >= 0.6 is 0 Å². The van der Waals surface area contributed by atoms with Crippen LogP contribution in [0.15, 0.2) is 41.2 Å². The van der Waals surface area contributed by atoms with Crippen LogP contribution in [0.1, 0.15) is 30.3 Å². The van der Waals surface area contributed by atoms with Crippen molar-refractivity contribution in [1.29, 1.82) is 0 Å². The number of benzene rings is 2. The van der Waals surface area contributed by atoms with E-state index in [1.54, 1.807) is 0 Å². The third-order valence-electron chi connectivity index (χ3n) is 4.30. The number of halogens is 4. The fraction of sp³-hybridized carbons (Fsp3) is 0.200. The summed E-state index contributed by atoms with van der Waals surface area (Å²) in [6.07, 6.45) is 1.27. The number of fused-ring (bicyclic) bond motifs is 1. The zero-order valence-corrected chi connectivity index (χ0v) is 14.9. The number of unbranched alkanes of at least 4 members (excludes halogenated alkanes) is 1. The van der Waals surface area contributed by atoms with Gasteiger partial charge in [0.25, 0.3) is 11.5 Å². The van der Waals surface area contributed by atoms with Crippen LogP contribution in [0.5, 0.6) is 0 Å². The van der Waals surface area contributed by atoms with E-state index in [9.17, 15) is 27.2 Å². The second-order valence-electron chi connectivity index (χ2n) is 6.27. The highest BCUT2D eigenvalue weighted by Crippen LogP contribution is 2.20. The summed E-state index contributed by atoms with van der Waals surface area (Å²) < 4.78 is 55.2. The smallest absolute Gasteiger partial charge is 0.272 e. The van der Waals surface area contributed by atoms with Crippen molar-refractivity contribution in [2.75, 3.05) is 5.32 Å². The molecule has 8 heteroatoms. The number of hydrogen-bond donors (Lipinski definition) is 1. The summed E-state index contributed by atoms with van der Waals surface area (Å²) in [4.78, 5) is 25.4. The van der Waals surface area contributed by atoms with Crippen LogP contribution in [-0.2, 0) is 6.54 Å². The molecule has 1 aromatic heterocycles. The highest BCUT2D eigenvalue weighted by atomic mass is 19.2. The van der Waals surface area contributed by atoms with Crippen LogP contribution in [0.3, 0.4) is 0 Å². The van der Waals surface area contributed by atoms with Gasteiger partial charge < -0.3 is 9.88 Å². The van der Waals surface area contributed by atoms with E-state index < -0.39 is 34.7 Å². The van der Waals surface area contributed by atoms with Gasteiger partial charge >= 0.3 is 0 Å². The molecule has 1 heterocycles. The minimum atomic E-state index is -1.17. The number of carbonyl (C=O) groups excluding carboxylic acids is 1. The fourth-order valence-corrected chi connectivity index (χ4v) is 2.85. The lowest BCUT2D eigenvalue weighted by Gasteiger charge is -2.15. The van der Waals surface area contributed by atoms with Crippen molar-refractivity contribution >= 4 is 22.4 Å². The first-order valence-electron chi connectivity index (χ1n) is 8.60. The summed E-state index contributed by atoms with van der Waals surface area (Å²) in [6, 6.07) is 5.49. The zero-order chi connectivity index (χ0) is 20.4. The number of anilines is 1. The molecule has 0 saturated carbocycles. The van der Waals surface area contributed by atoms with E-state index in [0.29, 0.717) is 12.5 Å². The number of rotatable bonds is 5. The van der Waals surface area contributed by atoms with E-state index in [0.717, 1.165) is 35.3 Å². The Morgan fingerprint density at radius 2 is 1.71 bits per heavy atom. The number of carbonyl (C=O) groups is 1. The van der Waals surface area contributed by atoms with E-state index >= 15 is 0 Å². The molecule has 0 aliphatic carbocycles. The lowest BCUT2D eigenvalue weighted by atomic mass is 10.1. The Kier molecular flexibility index (Phi) is 5.48. The second-order valence-corrected chi connectivity index (χ2v) is 6.27. The summed E-state index contributed by atoms with van der Waals surface area (Å²) in [5.74, 6) is -4.94. The van der Waals surface area contributed by atoms with Crippen molar-refractivity contribution in [3.63, 3.8) is 0 Å². The molecule has 0 unspecified atom stereocenters.